The Morgan fingerprint density at radius 2 is 2.15 bits per heavy atom. The van der Waals surface area contributed by atoms with Gasteiger partial charge in [0, 0.05) is 30.8 Å². The van der Waals surface area contributed by atoms with Crippen molar-refractivity contribution in [2.75, 3.05) is 33.4 Å². The van der Waals surface area contributed by atoms with E-state index in [-0.39, 0.29) is 6.04 Å². The molecule has 3 nitrogen and oxygen atoms in total. The summed E-state index contributed by atoms with van der Waals surface area (Å²) in [7, 11) is 2.18. The van der Waals surface area contributed by atoms with Crippen LogP contribution in [0.25, 0.3) is 0 Å². The van der Waals surface area contributed by atoms with Crippen molar-refractivity contribution < 1.29 is 4.74 Å². The highest BCUT2D eigenvalue weighted by Gasteiger charge is 2.16. The molecule has 1 atom stereocenters. The molecule has 0 radical (unpaired) electrons. The van der Waals surface area contributed by atoms with Crippen molar-refractivity contribution in [2.45, 2.75) is 25.3 Å². The van der Waals surface area contributed by atoms with Crippen molar-refractivity contribution in [2.24, 2.45) is 11.7 Å². The Bertz CT molecular complexity index is 407. The highest BCUT2D eigenvalue weighted by molar-refractivity contribution is 6.30. The third-order valence-electron chi connectivity index (χ3n) is 4.01. The van der Waals surface area contributed by atoms with E-state index in [0.717, 1.165) is 49.2 Å². The van der Waals surface area contributed by atoms with Gasteiger partial charge >= 0.3 is 0 Å². The van der Waals surface area contributed by atoms with Gasteiger partial charge in [0.1, 0.15) is 0 Å². The van der Waals surface area contributed by atoms with Gasteiger partial charge in [-0.15, -0.1) is 0 Å². The minimum Gasteiger partial charge on any atom is -0.381 e. The number of rotatable bonds is 6. The maximum Gasteiger partial charge on any atom is 0.0469 e. The number of hydrogen-bond donors (Lipinski definition) is 1. The molecule has 112 valence electrons. The van der Waals surface area contributed by atoms with Crippen LogP contribution in [0.1, 0.15) is 30.9 Å². The molecule has 0 saturated carbocycles. The molecule has 1 fully saturated rings. The molecule has 0 spiro atoms. The lowest BCUT2D eigenvalue weighted by molar-refractivity contribution is 0.0554. The van der Waals surface area contributed by atoms with Crippen LogP contribution in [0.15, 0.2) is 24.3 Å². The van der Waals surface area contributed by atoms with Crippen LogP contribution in [0.3, 0.4) is 0 Å². The summed E-state index contributed by atoms with van der Waals surface area (Å²) >= 11 is 6.00. The molecule has 1 aliphatic rings. The van der Waals surface area contributed by atoms with E-state index in [4.69, 9.17) is 22.1 Å². The minimum absolute atomic E-state index is 0.0610. The number of hydrogen-bond acceptors (Lipinski definition) is 3. The first-order chi connectivity index (χ1) is 9.65. The Balaban J connectivity index is 1.73. The van der Waals surface area contributed by atoms with Crippen molar-refractivity contribution >= 4 is 11.6 Å². The summed E-state index contributed by atoms with van der Waals surface area (Å²) in [4.78, 5) is 2.39. The number of nitrogens with two attached hydrogens (primary N) is 1. The monoisotopic (exact) mass is 296 g/mol. The van der Waals surface area contributed by atoms with Crippen molar-refractivity contribution in [3.8, 4) is 0 Å². The molecule has 1 aromatic rings. The molecule has 1 aromatic carbocycles. The van der Waals surface area contributed by atoms with Gasteiger partial charge in [0.2, 0.25) is 0 Å². The highest BCUT2D eigenvalue weighted by atomic mass is 35.5. The Kier molecular flexibility index (Phi) is 6.30. The molecule has 20 heavy (non-hydrogen) atoms. The van der Waals surface area contributed by atoms with E-state index in [1.807, 2.05) is 18.2 Å². The van der Waals surface area contributed by atoms with Crippen LogP contribution in [0.2, 0.25) is 5.02 Å². The Morgan fingerprint density at radius 3 is 2.85 bits per heavy atom. The first-order valence-electron chi connectivity index (χ1n) is 7.42. The molecule has 2 rings (SSSR count). The van der Waals surface area contributed by atoms with E-state index in [1.54, 1.807) is 0 Å². The summed E-state index contributed by atoms with van der Waals surface area (Å²) in [6.45, 7) is 4.00. The maximum absolute atomic E-state index is 6.24. The number of benzene rings is 1. The van der Waals surface area contributed by atoms with Gasteiger partial charge < -0.3 is 15.4 Å². The molecule has 1 saturated heterocycles. The van der Waals surface area contributed by atoms with Crippen LogP contribution in [0, 0.1) is 5.92 Å². The third kappa shape index (κ3) is 5.06. The lowest BCUT2D eigenvalue weighted by atomic mass is 9.99. The molecule has 0 aromatic heterocycles. The predicted molar refractivity (Wildman–Crippen MR) is 84.0 cm³/mol. The molecule has 4 heteroatoms. The largest absolute Gasteiger partial charge is 0.381 e. The zero-order valence-corrected chi connectivity index (χ0v) is 13.0. The van der Waals surface area contributed by atoms with Crippen molar-refractivity contribution in [1.29, 1.82) is 0 Å². The molecule has 1 heterocycles. The van der Waals surface area contributed by atoms with E-state index < -0.39 is 0 Å². The summed E-state index contributed by atoms with van der Waals surface area (Å²) in [5.41, 5.74) is 7.36. The minimum atomic E-state index is 0.0610. The second-order valence-electron chi connectivity index (χ2n) is 5.77. The van der Waals surface area contributed by atoms with Gasteiger partial charge in [-0.3, -0.25) is 0 Å². The normalized spacial score (nSPS) is 18.4. The standard InChI is InChI=1S/C16H25ClN2O/c1-19(12-13-6-9-20-10-7-13)8-5-16(18)14-3-2-4-15(17)11-14/h2-4,11,13,16H,5-10,12,18H2,1H3. The third-order valence-corrected chi connectivity index (χ3v) is 4.24. The Labute approximate surface area is 127 Å². The van der Waals surface area contributed by atoms with Gasteiger partial charge in [0.05, 0.1) is 0 Å². The second kappa shape index (κ2) is 7.99. The van der Waals surface area contributed by atoms with Crippen LogP contribution in [-0.4, -0.2) is 38.3 Å². The van der Waals surface area contributed by atoms with Crippen molar-refractivity contribution in [1.82, 2.24) is 4.90 Å². The fraction of sp³-hybridized carbons (Fsp3) is 0.625. The van der Waals surface area contributed by atoms with E-state index in [0.29, 0.717) is 0 Å². The molecule has 0 amide bonds. The average molecular weight is 297 g/mol. The second-order valence-corrected chi connectivity index (χ2v) is 6.20. The van der Waals surface area contributed by atoms with Crippen LogP contribution < -0.4 is 5.73 Å². The van der Waals surface area contributed by atoms with E-state index in [2.05, 4.69) is 18.0 Å². The molecular formula is C16H25ClN2O. The first kappa shape index (κ1) is 15.8. The molecule has 0 aliphatic carbocycles. The quantitative estimate of drug-likeness (QED) is 0.877. The molecule has 1 aliphatic heterocycles. The SMILES string of the molecule is CN(CCC(N)c1cccc(Cl)c1)CC1CCOCC1. The molecular weight excluding hydrogens is 272 g/mol. The van der Waals surface area contributed by atoms with Gasteiger partial charge in [-0.1, -0.05) is 23.7 Å². The van der Waals surface area contributed by atoms with Gasteiger partial charge in [-0.25, -0.2) is 0 Å². The van der Waals surface area contributed by atoms with Gasteiger partial charge in [-0.05, 0) is 56.5 Å². The summed E-state index contributed by atoms with van der Waals surface area (Å²) in [6, 6.07) is 7.92. The summed E-state index contributed by atoms with van der Waals surface area (Å²) in [5, 5.41) is 0.758. The molecule has 1 unspecified atom stereocenters. The number of halogens is 1. The lowest BCUT2D eigenvalue weighted by Crippen LogP contribution is -2.31. The number of ether oxygens (including phenoxy) is 1. The average Bonchev–Trinajstić information content (AvgIpc) is 2.46. The summed E-state index contributed by atoms with van der Waals surface area (Å²) in [6.07, 6.45) is 3.33. The van der Waals surface area contributed by atoms with Gasteiger partial charge in [0.15, 0.2) is 0 Å². The fourth-order valence-corrected chi connectivity index (χ4v) is 2.92. The fourth-order valence-electron chi connectivity index (χ4n) is 2.72. The summed E-state index contributed by atoms with van der Waals surface area (Å²) in [5.74, 6) is 0.774. The lowest BCUT2D eigenvalue weighted by Gasteiger charge is -2.27. The van der Waals surface area contributed by atoms with Crippen LogP contribution >= 0.6 is 11.6 Å². The smallest absolute Gasteiger partial charge is 0.0469 e. The van der Waals surface area contributed by atoms with Crippen molar-refractivity contribution in [3.63, 3.8) is 0 Å². The predicted octanol–water partition coefficient (Wildman–Crippen LogP) is 3.09. The molecule has 2 N–H and O–H groups in total. The van der Waals surface area contributed by atoms with E-state index in [1.165, 1.54) is 12.8 Å². The van der Waals surface area contributed by atoms with Crippen LogP contribution in [0.5, 0.6) is 0 Å². The van der Waals surface area contributed by atoms with Crippen LogP contribution in [-0.2, 0) is 4.74 Å². The first-order valence-corrected chi connectivity index (χ1v) is 7.80. The Hall–Kier alpha value is -0.610. The van der Waals surface area contributed by atoms with Crippen molar-refractivity contribution in [3.05, 3.63) is 34.9 Å². The number of nitrogens with zero attached hydrogens (tertiary/aromatic N) is 1. The van der Waals surface area contributed by atoms with E-state index in [9.17, 15) is 0 Å². The zero-order valence-electron chi connectivity index (χ0n) is 12.2. The van der Waals surface area contributed by atoms with Gasteiger partial charge in [0.25, 0.3) is 0 Å². The molecule has 0 bridgehead atoms. The van der Waals surface area contributed by atoms with Gasteiger partial charge in [-0.2, -0.15) is 0 Å². The van der Waals surface area contributed by atoms with E-state index >= 15 is 0 Å². The van der Waals surface area contributed by atoms with Crippen LogP contribution in [0.4, 0.5) is 0 Å². The summed E-state index contributed by atoms with van der Waals surface area (Å²) < 4.78 is 5.40. The highest BCUT2D eigenvalue weighted by Crippen LogP contribution is 2.20. The Morgan fingerprint density at radius 1 is 1.40 bits per heavy atom. The zero-order chi connectivity index (χ0) is 14.4. The maximum atomic E-state index is 6.24. The topological polar surface area (TPSA) is 38.5 Å².